The third kappa shape index (κ3) is 3.40. The van der Waals surface area contributed by atoms with Crippen LogP contribution in [0.4, 0.5) is 0 Å². The number of nitriles is 1. The summed E-state index contributed by atoms with van der Waals surface area (Å²) >= 11 is 0. The molecule has 0 saturated heterocycles. The minimum absolute atomic E-state index is 0.0126. The molecule has 22 heavy (non-hydrogen) atoms. The van der Waals surface area contributed by atoms with Gasteiger partial charge in [-0.25, -0.2) is 0 Å². The number of nitrogens with zero attached hydrogens (tertiary/aromatic N) is 3. The lowest BCUT2D eigenvalue weighted by atomic mass is 10.1. The first kappa shape index (κ1) is 15.1. The van der Waals surface area contributed by atoms with Gasteiger partial charge in [-0.2, -0.15) is 5.26 Å². The van der Waals surface area contributed by atoms with E-state index in [1.54, 1.807) is 37.3 Å². The number of nitrogens with two attached hydrogens (primary N) is 1. The highest BCUT2D eigenvalue weighted by Crippen LogP contribution is 2.16. The molecule has 0 aliphatic rings. The normalized spacial score (nSPS) is 11.0. The molecule has 8 heteroatoms. The average molecular weight is 300 g/mol. The minimum Gasteiger partial charge on any atom is -0.485 e. The van der Waals surface area contributed by atoms with Crippen LogP contribution in [0.5, 0.6) is 5.75 Å². The fraction of sp³-hybridized carbons (Fsp3) is 0.143. The molecule has 0 unspecified atom stereocenters. The second-order valence-electron chi connectivity index (χ2n) is 4.35. The van der Waals surface area contributed by atoms with Crippen molar-refractivity contribution in [3.05, 3.63) is 52.0 Å². The van der Waals surface area contributed by atoms with E-state index in [9.17, 15) is 10.0 Å². The summed E-state index contributed by atoms with van der Waals surface area (Å²) in [5, 5.41) is 23.5. The molecular weight excluding hydrogens is 288 g/mol. The molecule has 2 rings (SSSR count). The van der Waals surface area contributed by atoms with Gasteiger partial charge < -0.3 is 15.7 Å². The third-order valence-electron chi connectivity index (χ3n) is 2.84. The zero-order chi connectivity index (χ0) is 16.1. The highest BCUT2D eigenvalue weighted by Gasteiger charge is 2.14. The molecule has 1 aromatic heterocycles. The maximum Gasteiger partial charge on any atom is 0.259 e. The lowest BCUT2D eigenvalue weighted by Gasteiger charge is -2.04. The molecule has 0 atom stereocenters. The first-order valence-electron chi connectivity index (χ1n) is 6.21. The lowest BCUT2D eigenvalue weighted by Crippen LogP contribution is -2.29. The van der Waals surface area contributed by atoms with Gasteiger partial charge in [-0.15, -0.1) is 0 Å². The predicted molar refractivity (Wildman–Crippen MR) is 73.8 cm³/mol. The van der Waals surface area contributed by atoms with Crippen molar-refractivity contribution in [2.45, 2.75) is 13.5 Å². The smallest absolute Gasteiger partial charge is 0.259 e. The fourth-order valence-electron chi connectivity index (χ4n) is 1.63. The van der Waals surface area contributed by atoms with Crippen LogP contribution in [0.15, 0.2) is 34.5 Å². The Balaban J connectivity index is 2.07. The molecule has 0 bridgehead atoms. The molecule has 1 amide bonds. The molecule has 0 aliphatic heterocycles. The monoisotopic (exact) mass is 300 g/mol. The van der Waals surface area contributed by atoms with Crippen molar-refractivity contribution in [1.29, 1.82) is 5.26 Å². The van der Waals surface area contributed by atoms with Crippen LogP contribution in [0.25, 0.3) is 6.08 Å². The first-order chi connectivity index (χ1) is 10.5. The molecule has 1 heterocycles. The number of amides is 1. The molecular formula is C14H12N4O4. The van der Waals surface area contributed by atoms with Crippen molar-refractivity contribution >= 4 is 12.0 Å². The van der Waals surface area contributed by atoms with Crippen LogP contribution < -0.4 is 15.4 Å². The zero-order valence-electron chi connectivity index (χ0n) is 11.6. The SMILES string of the molecule is Cc1no[n+]([O-])c1COc1ccc(C=C(C#N)C(N)=O)cc1. The molecule has 0 radical (unpaired) electrons. The van der Waals surface area contributed by atoms with Gasteiger partial charge in [-0.05, 0) is 28.7 Å². The van der Waals surface area contributed by atoms with Crippen LogP contribution in [0, 0.1) is 23.5 Å². The standard InChI is InChI=1S/C14H12N4O4/c1-9-13(18(20)22-17-9)8-21-12-4-2-10(3-5-12)6-11(7-15)14(16)19/h2-6H,8H2,1H3,(H2,16,19). The van der Waals surface area contributed by atoms with Gasteiger partial charge in [0.05, 0.1) is 0 Å². The second kappa shape index (κ2) is 6.41. The first-order valence-corrected chi connectivity index (χ1v) is 6.21. The topological polar surface area (TPSA) is 129 Å². The molecule has 1 aromatic carbocycles. The molecule has 0 spiro atoms. The summed E-state index contributed by atoms with van der Waals surface area (Å²) in [4.78, 5) is 11.2. The Bertz CT molecular complexity index is 737. The number of aryl methyl sites for hydroxylation is 1. The summed E-state index contributed by atoms with van der Waals surface area (Å²) < 4.78 is 9.88. The number of carbonyl (C=O) groups excluding carboxylic acids is 1. The summed E-state index contributed by atoms with van der Waals surface area (Å²) in [5.41, 5.74) is 6.28. The van der Waals surface area contributed by atoms with Gasteiger partial charge >= 0.3 is 0 Å². The molecule has 0 saturated carbocycles. The van der Waals surface area contributed by atoms with Crippen LogP contribution in [0.3, 0.4) is 0 Å². The maximum absolute atomic E-state index is 11.3. The Morgan fingerprint density at radius 3 is 2.73 bits per heavy atom. The Morgan fingerprint density at radius 1 is 1.55 bits per heavy atom. The summed E-state index contributed by atoms with van der Waals surface area (Å²) in [5.74, 6) is -0.277. The van der Waals surface area contributed by atoms with E-state index >= 15 is 0 Å². The molecule has 0 aliphatic carbocycles. The van der Waals surface area contributed by atoms with E-state index < -0.39 is 5.91 Å². The lowest BCUT2D eigenvalue weighted by molar-refractivity contribution is -0.808. The average Bonchev–Trinajstić information content (AvgIpc) is 2.82. The van der Waals surface area contributed by atoms with Crippen LogP contribution in [0.1, 0.15) is 17.0 Å². The van der Waals surface area contributed by atoms with Gasteiger partial charge in [0.15, 0.2) is 6.61 Å². The van der Waals surface area contributed by atoms with E-state index in [2.05, 4.69) is 9.79 Å². The van der Waals surface area contributed by atoms with E-state index in [1.165, 1.54) is 6.08 Å². The highest BCUT2D eigenvalue weighted by molar-refractivity contribution is 6.00. The van der Waals surface area contributed by atoms with Crippen molar-refractivity contribution in [2.75, 3.05) is 0 Å². The van der Waals surface area contributed by atoms with Gasteiger partial charge in [0.25, 0.3) is 5.91 Å². The summed E-state index contributed by atoms with van der Waals surface area (Å²) in [6, 6.07) is 8.31. The highest BCUT2D eigenvalue weighted by atomic mass is 16.8. The van der Waals surface area contributed by atoms with Crippen LogP contribution in [-0.4, -0.2) is 11.1 Å². The van der Waals surface area contributed by atoms with Crippen molar-refractivity contribution in [2.24, 2.45) is 5.73 Å². The molecule has 112 valence electrons. The molecule has 2 aromatic rings. The Labute approximate surface area is 125 Å². The Kier molecular flexibility index (Phi) is 4.38. The van der Waals surface area contributed by atoms with Crippen LogP contribution in [0.2, 0.25) is 0 Å². The van der Waals surface area contributed by atoms with E-state index in [-0.39, 0.29) is 17.9 Å². The summed E-state index contributed by atoms with van der Waals surface area (Å²) in [7, 11) is 0. The third-order valence-corrected chi connectivity index (χ3v) is 2.84. The van der Waals surface area contributed by atoms with Gasteiger partial charge in [0.2, 0.25) is 11.4 Å². The van der Waals surface area contributed by atoms with E-state index in [1.807, 2.05) is 0 Å². The van der Waals surface area contributed by atoms with E-state index in [4.69, 9.17) is 15.7 Å². The number of benzene rings is 1. The maximum atomic E-state index is 11.3. The minimum atomic E-state index is -0.786. The largest absolute Gasteiger partial charge is 0.485 e. The quantitative estimate of drug-likeness (QED) is 0.488. The predicted octanol–water partition coefficient (Wildman–Crippen LogP) is 0.588. The molecule has 0 fully saturated rings. The van der Waals surface area contributed by atoms with Gasteiger partial charge in [-0.1, -0.05) is 12.1 Å². The fourth-order valence-corrected chi connectivity index (χ4v) is 1.63. The van der Waals surface area contributed by atoms with Gasteiger partial charge in [0.1, 0.15) is 17.4 Å². The Morgan fingerprint density at radius 2 is 2.23 bits per heavy atom. The van der Waals surface area contributed by atoms with Crippen molar-refractivity contribution in [3.63, 3.8) is 0 Å². The van der Waals surface area contributed by atoms with Crippen molar-refractivity contribution in [3.8, 4) is 11.8 Å². The number of aromatic nitrogens is 2. The number of rotatable bonds is 5. The number of carbonyl (C=O) groups is 1. The van der Waals surface area contributed by atoms with Crippen molar-refractivity contribution < 1.29 is 19.1 Å². The van der Waals surface area contributed by atoms with Crippen LogP contribution >= 0.6 is 0 Å². The van der Waals surface area contributed by atoms with Crippen LogP contribution in [-0.2, 0) is 11.4 Å². The second-order valence-corrected chi connectivity index (χ2v) is 4.35. The van der Waals surface area contributed by atoms with E-state index in [0.29, 0.717) is 21.9 Å². The number of hydrogen-bond acceptors (Lipinski definition) is 6. The molecule has 2 N–H and O–H groups in total. The zero-order valence-corrected chi connectivity index (χ0v) is 11.6. The Hall–Kier alpha value is -3.34. The summed E-state index contributed by atoms with van der Waals surface area (Å²) in [6.45, 7) is 1.65. The number of hydrogen-bond donors (Lipinski definition) is 1. The van der Waals surface area contributed by atoms with Gasteiger partial charge in [0, 0.05) is 12.1 Å². The molecule has 8 nitrogen and oxygen atoms in total. The van der Waals surface area contributed by atoms with Crippen molar-refractivity contribution in [1.82, 2.24) is 5.16 Å². The van der Waals surface area contributed by atoms with E-state index in [0.717, 1.165) is 0 Å². The number of primary amides is 1. The van der Waals surface area contributed by atoms with Gasteiger partial charge in [-0.3, -0.25) is 9.42 Å². The summed E-state index contributed by atoms with van der Waals surface area (Å²) in [6.07, 6.45) is 1.38. The number of ether oxygens (including phenoxy) is 1.